The Balaban J connectivity index is 1.76. The van der Waals surface area contributed by atoms with Gasteiger partial charge in [-0.15, -0.1) is 0 Å². The fraction of sp³-hybridized carbons (Fsp3) is 0. The Morgan fingerprint density at radius 3 is 2.37 bits per heavy atom. The molecule has 5 rings (SSSR count). The van der Waals surface area contributed by atoms with Crippen molar-refractivity contribution in [1.82, 2.24) is 14.5 Å². The maximum absolute atomic E-state index is 13.1. The second-order valence-corrected chi connectivity index (χ2v) is 6.36. The van der Waals surface area contributed by atoms with Crippen molar-refractivity contribution in [3.63, 3.8) is 0 Å². The van der Waals surface area contributed by atoms with E-state index in [4.69, 9.17) is 0 Å². The summed E-state index contributed by atoms with van der Waals surface area (Å²) in [6, 6.07) is 25.4. The molecule has 0 N–H and O–H groups in total. The number of para-hydroxylation sites is 2. The molecule has 3 aromatic carbocycles. The van der Waals surface area contributed by atoms with Crippen LogP contribution >= 0.6 is 0 Å². The highest BCUT2D eigenvalue weighted by Gasteiger charge is 2.09. The van der Waals surface area contributed by atoms with E-state index in [1.165, 1.54) is 0 Å². The predicted octanol–water partition coefficient (Wildman–Crippen LogP) is 4.60. The van der Waals surface area contributed by atoms with Crippen molar-refractivity contribution in [2.45, 2.75) is 0 Å². The minimum atomic E-state index is -0.0774. The fourth-order valence-corrected chi connectivity index (χ4v) is 3.41. The van der Waals surface area contributed by atoms with Crippen LogP contribution in [0.3, 0.4) is 0 Å². The molecule has 2 aromatic heterocycles. The summed E-state index contributed by atoms with van der Waals surface area (Å²) in [5.74, 6) is 0. The third-order valence-electron chi connectivity index (χ3n) is 4.75. The van der Waals surface area contributed by atoms with E-state index >= 15 is 0 Å². The second-order valence-electron chi connectivity index (χ2n) is 6.36. The normalized spacial score (nSPS) is 11.1. The van der Waals surface area contributed by atoms with E-state index < -0.39 is 0 Å². The summed E-state index contributed by atoms with van der Waals surface area (Å²) in [7, 11) is 0. The van der Waals surface area contributed by atoms with Crippen molar-refractivity contribution in [3.05, 3.63) is 102 Å². The van der Waals surface area contributed by atoms with Gasteiger partial charge in [-0.1, -0.05) is 42.5 Å². The molecule has 0 unspecified atom stereocenters. The van der Waals surface area contributed by atoms with E-state index in [9.17, 15) is 4.79 Å². The average Bonchev–Trinajstić information content (AvgIpc) is 2.74. The lowest BCUT2D eigenvalue weighted by Crippen LogP contribution is -2.18. The van der Waals surface area contributed by atoms with E-state index in [1.54, 1.807) is 17.1 Å². The molecule has 0 saturated carbocycles. The number of fused-ring (bicyclic) bond motifs is 2. The van der Waals surface area contributed by atoms with Gasteiger partial charge in [0.1, 0.15) is 6.33 Å². The van der Waals surface area contributed by atoms with Crippen LogP contribution in [0.2, 0.25) is 0 Å². The van der Waals surface area contributed by atoms with Crippen LogP contribution in [0.4, 0.5) is 0 Å². The van der Waals surface area contributed by atoms with Crippen molar-refractivity contribution >= 4 is 21.8 Å². The minimum absolute atomic E-state index is 0.0774. The summed E-state index contributed by atoms with van der Waals surface area (Å²) < 4.78 is 1.58. The first-order chi connectivity index (χ1) is 13.3. The highest BCUT2D eigenvalue weighted by Crippen LogP contribution is 2.28. The van der Waals surface area contributed by atoms with Crippen molar-refractivity contribution < 1.29 is 0 Å². The van der Waals surface area contributed by atoms with Gasteiger partial charge >= 0.3 is 0 Å². The summed E-state index contributed by atoms with van der Waals surface area (Å²) in [5.41, 5.74) is 4.38. The van der Waals surface area contributed by atoms with Crippen molar-refractivity contribution in [2.75, 3.05) is 0 Å². The second kappa shape index (κ2) is 6.18. The first-order valence-electron chi connectivity index (χ1n) is 8.72. The zero-order chi connectivity index (χ0) is 18.2. The van der Waals surface area contributed by atoms with Gasteiger partial charge in [0.05, 0.1) is 22.1 Å². The van der Waals surface area contributed by atoms with Gasteiger partial charge in [-0.2, -0.15) is 0 Å². The lowest BCUT2D eigenvalue weighted by Gasteiger charge is -2.09. The van der Waals surface area contributed by atoms with Crippen LogP contribution in [0.25, 0.3) is 38.6 Å². The summed E-state index contributed by atoms with van der Waals surface area (Å²) in [6.45, 7) is 0. The molecule has 0 bridgehead atoms. The Kier molecular flexibility index (Phi) is 3.54. The Hall–Kier alpha value is -3.79. The molecule has 0 atom stereocenters. The van der Waals surface area contributed by atoms with Crippen LogP contribution in [0.1, 0.15) is 0 Å². The number of aromatic nitrogens is 3. The van der Waals surface area contributed by atoms with Crippen LogP contribution in [0.5, 0.6) is 0 Å². The number of rotatable bonds is 2. The molecule has 4 nitrogen and oxygen atoms in total. The molecular weight excluding hydrogens is 334 g/mol. The monoisotopic (exact) mass is 349 g/mol. The molecule has 4 heteroatoms. The van der Waals surface area contributed by atoms with E-state index in [1.807, 2.05) is 78.9 Å². The largest absolute Gasteiger partial charge is 0.268 e. The Morgan fingerprint density at radius 1 is 0.704 bits per heavy atom. The predicted molar refractivity (Wildman–Crippen MR) is 108 cm³/mol. The van der Waals surface area contributed by atoms with Gasteiger partial charge in [-0.05, 0) is 47.5 Å². The Bertz CT molecular complexity index is 1340. The Morgan fingerprint density at radius 2 is 1.48 bits per heavy atom. The van der Waals surface area contributed by atoms with Crippen molar-refractivity contribution in [2.24, 2.45) is 0 Å². The number of benzene rings is 3. The summed E-state index contributed by atoms with van der Waals surface area (Å²) in [4.78, 5) is 22.0. The highest BCUT2D eigenvalue weighted by atomic mass is 16.1. The van der Waals surface area contributed by atoms with Crippen LogP contribution in [-0.2, 0) is 0 Å². The van der Waals surface area contributed by atoms with E-state index in [0.717, 1.165) is 27.7 Å². The third-order valence-corrected chi connectivity index (χ3v) is 4.75. The van der Waals surface area contributed by atoms with Gasteiger partial charge in [-0.3, -0.25) is 14.3 Å². The molecule has 0 radical (unpaired) electrons. The molecule has 0 fully saturated rings. The smallest absolute Gasteiger partial charge is 0.265 e. The van der Waals surface area contributed by atoms with Crippen LogP contribution in [-0.4, -0.2) is 14.5 Å². The van der Waals surface area contributed by atoms with Gasteiger partial charge in [0, 0.05) is 11.6 Å². The topological polar surface area (TPSA) is 47.8 Å². The van der Waals surface area contributed by atoms with E-state index in [0.29, 0.717) is 10.9 Å². The van der Waals surface area contributed by atoms with Crippen LogP contribution in [0, 0.1) is 0 Å². The lowest BCUT2D eigenvalue weighted by atomic mass is 10.00. The maximum Gasteiger partial charge on any atom is 0.265 e. The number of hydrogen-bond acceptors (Lipinski definition) is 3. The van der Waals surface area contributed by atoms with Crippen molar-refractivity contribution in [3.8, 4) is 16.8 Å². The molecule has 0 aliphatic rings. The molecule has 0 aliphatic heterocycles. The molecule has 2 heterocycles. The Labute approximate surface area is 155 Å². The lowest BCUT2D eigenvalue weighted by molar-refractivity contribution is 0.963. The molecule has 0 aliphatic carbocycles. The third kappa shape index (κ3) is 2.59. The standard InChI is InChI=1S/C23H15N3O/c27-23-20-14-16(18-12-13-24-21-9-5-4-8-19(18)21)10-11-22(20)25-15-26(23)17-6-2-1-3-7-17/h1-15H. The summed E-state index contributed by atoms with van der Waals surface area (Å²) >= 11 is 0. The van der Waals surface area contributed by atoms with Crippen molar-refractivity contribution in [1.29, 1.82) is 0 Å². The quantitative estimate of drug-likeness (QED) is 0.468. The SMILES string of the molecule is O=c1c2cc(-c3ccnc4ccccc34)ccc2ncn1-c1ccccc1. The number of nitrogens with zero attached hydrogens (tertiary/aromatic N) is 3. The molecule has 5 aromatic rings. The molecule has 0 spiro atoms. The molecule has 27 heavy (non-hydrogen) atoms. The minimum Gasteiger partial charge on any atom is -0.268 e. The number of pyridine rings is 1. The van der Waals surface area contributed by atoms with Gasteiger partial charge in [0.25, 0.3) is 5.56 Å². The average molecular weight is 349 g/mol. The molecular formula is C23H15N3O. The number of hydrogen-bond donors (Lipinski definition) is 0. The highest BCUT2D eigenvalue weighted by molar-refractivity contribution is 5.96. The van der Waals surface area contributed by atoms with Gasteiger partial charge < -0.3 is 0 Å². The summed E-state index contributed by atoms with van der Waals surface area (Å²) in [5, 5.41) is 1.66. The van der Waals surface area contributed by atoms with E-state index in [2.05, 4.69) is 9.97 Å². The fourth-order valence-electron chi connectivity index (χ4n) is 3.41. The first kappa shape index (κ1) is 15.5. The first-order valence-corrected chi connectivity index (χ1v) is 8.72. The van der Waals surface area contributed by atoms with Crippen LogP contribution < -0.4 is 5.56 Å². The zero-order valence-corrected chi connectivity index (χ0v) is 14.4. The maximum atomic E-state index is 13.1. The molecule has 128 valence electrons. The van der Waals surface area contributed by atoms with Gasteiger partial charge in [0.15, 0.2) is 0 Å². The summed E-state index contributed by atoms with van der Waals surface area (Å²) in [6.07, 6.45) is 3.38. The van der Waals surface area contributed by atoms with Gasteiger partial charge in [-0.25, -0.2) is 4.98 Å². The van der Waals surface area contributed by atoms with Crippen LogP contribution in [0.15, 0.2) is 96.2 Å². The van der Waals surface area contributed by atoms with E-state index in [-0.39, 0.29) is 5.56 Å². The van der Waals surface area contributed by atoms with Gasteiger partial charge in [0.2, 0.25) is 0 Å². The zero-order valence-electron chi connectivity index (χ0n) is 14.4. The molecule has 0 amide bonds. The molecule has 0 saturated heterocycles.